The minimum Gasteiger partial charge on any atom is -0.382 e. The molecule has 102 valence electrons. The molecular weight excluding hydrogens is 212 g/mol. The molecule has 0 amide bonds. The second-order valence-electron chi connectivity index (χ2n) is 5.03. The van der Waals surface area contributed by atoms with Gasteiger partial charge in [-0.1, -0.05) is 6.42 Å². The van der Waals surface area contributed by atoms with E-state index in [-0.39, 0.29) is 0 Å². The van der Waals surface area contributed by atoms with Crippen molar-refractivity contribution in [2.75, 3.05) is 39.4 Å². The van der Waals surface area contributed by atoms with Gasteiger partial charge in [-0.3, -0.25) is 4.90 Å². The van der Waals surface area contributed by atoms with Crippen LogP contribution >= 0.6 is 0 Å². The summed E-state index contributed by atoms with van der Waals surface area (Å²) in [5.41, 5.74) is 0. The molecule has 1 rings (SSSR count). The molecule has 0 spiro atoms. The Kier molecular flexibility index (Phi) is 8.67. The minimum atomic E-state index is 0.795. The first-order valence-corrected chi connectivity index (χ1v) is 7.37. The molecule has 1 atom stereocenters. The fourth-order valence-corrected chi connectivity index (χ4v) is 2.44. The highest BCUT2D eigenvalue weighted by molar-refractivity contribution is 4.73. The van der Waals surface area contributed by atoms with Gasteiger partial charge in [0.2, 0.25) is 0 Å². The molecule has 1 N–H and O–H groups in total. The van der Waals surface area contributed by atoms with Crippen molar-refractivity contribution < 1.29 is 4.74 Å². The van der Waals surface area contributed by atoms with Crippen LogP contribution in [-0.4, -0.2) is 50.3 Å². The predicted molar refractivity (Wildman–Crippen MR) is 73.5 cm³/mol. The van der Waals surface area contributed by atoms with Crippen LogP contribution in [-0.2, 0) is 4.74 Å². The van der Waals surface area contributed by atoms with E-state index in [4.69, 9.17) is 4.74 Å². The Labute approximate surface area is 107 Å². The zero-order valence-electron chi connectivity index (χ0n) is 11.7. The van der Waals surface area contributed by atoms with Crippen molar-refractivity contribution in [3.63, 3.8) is 0 Å². The molecule has 0 aliphatic carbocycles. The van der Waals surface area contributed by atoms with E-state index < -0.39 is 0 Å². The normalized spacial score (nSPS) is 21.9. The maximum Gasteiger partial charge on any atom is 0.0466 e. The van der Waals surface area contributed by atoms with Crippen LogP contribution in [0, 0.1) is 0 Å². The molecule has 1 heterocycles. The molecular formula is C14H30N2O. The number of unbranched alkanes of at least 4 members (excludes halogenated alkanes) is 1. The van der Waals surface area contributed by atoms with Gasteiger partial charge in [0.05, 0.1) is 0 Å². The quantitative estimate of drug-likeness (QED) is 0.628. The van der Waals surface area contributed by atoms with Crippen molar-refractivity contribution in [3.8, 4) is 0 Å². The Morgan fingerprint density at radius 2 is 2.12 bits per heavy atom. The van der Waals surface area contributed by atoms with Crippen LogP contribution in [0.15, 0.2) is 0 Å². The molecule has 1 fully saturated rings. The number of ether oxygens (including phenoxy) is 1. The van der Waals surface area contributed by atoms with Crippen LogP contribution in [0.1, 0.15) is 46.0 Å². The van der Waals surface area contributed by atoms with Crippen molar-refractivity contribution >= 4 is 0 Å². The van der Waals surface area contributed by atoms with Gasteiger partial charge in [0.1, 0.15) is 0 Å². The van der Waals surface area contributed by atoms with Crippen LogP contribution < -0.4 is 5.32 Å². The van der Waals surface area contributed by atoms with E-state index in [1.807, 2.05) is 0 Å². The molecule has 0 saturated carbocycles. The van der Waals surface area contributed by atoms with Crippen molar-refractivity contribution in [2.24, 2.45) is 0 Å². The van der Waals surface area contributed by atoms with E-state index in [0.29, 0.717) is 0 Å². The molecule has 1 saturated heterocycles. The lowest BCUT2D eigenvalue weighted by Crippen LogP contribution is -2.41. The topological polar surface area (TPSA) is 24.5 Å². The first-order chi connectivity index (χ1) is 8.34. The van der Waals surface area contributed by atoms with Crippen LogP contribution in [0.3, 0.4) is 0 Å². The summed E-state index contributed by atoms with van der Waals surface area (Å²) in [5.74, 6) is 0. The van der Waals surface area contributed by atoms with Crippen LogP contribution in [0.2, 0.25) is 0 Å². The van der Waals surface area contributed by atoms with E-state index in [1.165, 1.54) is 45.2 Å². The summed E-state index contributed by atoms with van der Waals surface area (Å²) in [7, 11) is 0. The van der Waals surface area contributed by atoms with E-state index in [2.05, 4.69) is 24.1 Å². The first kappa shape index (κ1) is 14.9. The second kappa shape index (κ2) is 9.86. The van der Waals surface area contributed by atoms with Crippen molar-refractivity contribution in [1.29, 1.82) is 0 Å². The lowest BCUT2D eigenvalue weighted by atomic mass is 10.0. The Bertz CT molecular complexity index is 176. The molecule has 0 aromatic heterocycles. The summed E-state index contributed by atoms with van der Waals surface area (Å²) in [6.45, 7) is 11.0. The van der Waals surface area contributed by atoms with Gasteiger partial charge >= 0.3 is 0 Å². The highest BCUT2D eigenvalue weighted by Crippen LogP contribution is 2.15. The fourth-order valence-electron chi connectivity index (χ4n) is 2.44. The van der Waals surface area contributed by atoms with Gasteiger partial charge < -0.3 is 10.1 Å². The number of nitrogens with one attached hydrogen (secondary N) is 1. The molecule has 3 heteroatoms. The average Bonchev–Trinajstić information content (AvgIpc) is 2.35. The fraction of sp³-hybridized carbons (Fsp3) is 1.00. The molecule has 0 aromatic carbocycles. The summed E-state index contributed by atoms with van der Waals surface area (Å²) in [6.07, 6.45) is 6.60. The third kappa shape index (κ3) is 7.02. The summed E-state index contributed by atoms with van der Waals surface area (Å²) >= 11 is 0. The van der Waals surface area contributed by atoms with Gasteiger partial charge in [0.25, 0.3) is 0 Å². The Morgan fingerprint density at radius 1 is 1.24 bits per heavy atom. The third-order valence-corrected chi connectivity index (χ3v) is 3.61. The van der Waals surface area contributed by atoms with Crippen LogP contribution in [0.5, 0.6) is 0 Å². The molecule has 0 bridgehead atoms. The van der Waals surface area contributed by atoms with E-state index in [1.54, 1.807) is 0 Å². The Morgan fingerprint density at radius 3 is 2.88 bits per heavy atom. The standard InChI is InChI=1S/C14H30N2O/c1-3-17-13-7-5-9-15-10-12-16-11-6-4-8-14(16)2/h14-15H,3-13H2,1-2H3. The van der Waals surface area contributed by atoms with Gasteiger partial charge in [0, 0.05) is 32.3 Å². The molecule has 0 radical (unpaired) electrons. The van der Waals surface area contributed by atoms with Gasteiger partial charge in [-0.2, -0.15) is 0 Å². The first-order valence-electron chi connectivity index (χ1n) is 7.37. The third-order valence-electron chi connectivity index (χ3n) is 3.61. The smallest absolute Gasteiger partial charge is 0.0466 e. The van der Waals surface area contributed by atoms with E-state index in [9.17, 15) is 0 Å². The second-order valence-corrected chi connectivity index (χ2v) is 5.03. The van der Waals surface area contributed by atoms with Gasteiger partial charge in [-0.25, -0.2) is 0 Å². The molecule has 1 unspecified atom stereocenters. The van der Waals surface area contributed by atoms with E-state index >= 15 is 0 Å². The number of rotatable bonds is 9. The number of likely N-dealkylation sites (tertiary alicyclic amines) is 1. The van der Waals surface area contributed by atoms with Crippen molar-refractivity contribution in [2.45, 2.75) is 52.0 Å². The summed E-state index contributed by atoms with van der Waals surface area (Å²) < 4.78 is 5.31. The molecule has 0 aromatic rings. The molecule has 1 aliphatic heterocycles. The molecule has 3 nitrogen and oxygen atoms in total. The Hall–Kier alpha value is -0.120. The summed E-state index contributed by atoms with van der Waals surface area (Å²) in [6, 6.07) is 0.795. The maximum atomic E-state index is 5.31. The van der Waals surface area contributed by atoms with Crippen molar-refractivity contribution in [1.82, 2.24) is 10.2 Å². The number of hydrogen-bond acceptors (Lipinski definition) is 3. The van der Waals surface area contributed by atoms with Gasteiger partial charge in [-0.05, 0) is 52.6 Å². The summed E-state index contributed by atoms with van der Waals surface area (Å²) in [4.78, 5) is 2.62. The maximum absolute atomic E-state index is 5.31. The number of piperidine rings is 1. The lowest BCUT2D eigenvalue weighted by molar-refractivity contribution is 0.142. The SMILES string of the molecule is CCOCCCCNCCN1CCCCC1C. The zero-order valence-corrected chi connectivity index (χ0v) is 11.7. The van der Waals surface area contributed by atoms with Crippen LogP contribution in [0.4, 0.5) is 0 Å². The monoisotopic (exact) mass is 242 g/mol. The predicted octanol–water partition coefficient (Wildman–Crippen LogP) is 2.27. The lowest BCUT2D eigenvalue weighted by Gasteiger charge is -2.33. The highest BCUT2D eigenvalue weighted by atomic mass is 16.5. The van der Waals surface area contributed by atoms with Gasteiger partial charge in [-0.15, -0.1) is 0 Å². The average molecular weight is 242 g/mol. The highest BCUT2D eigenvalue weighted by Gasteiger charge is 2.16. The summed E-state index contributed by atoms with van der Waals surface area (Å²) in [5, 5.41) is 3.53. The minimum absolute atomic E-state index is 0.795. The Balaban J connectivity index is 1.86. The number of hydrogen-bond donors (Lipinski definition) is 1. The van der Waals surface area contributed by atoms with E-state index in [0.717, 1.165) is 32.3 Å². The zero-order chi connectivity index (χ0) is 12.3. The largest absolute Gasteiger partial charge is 0.382 e. The number of nitrogens with zero attached hydrogens (tertiary/aromatic N) is 1. The molecule has 1 aliphatic rings. The van der Waals surface area contributed by atoms with Gasteiger partial charge in [0.15, 0.2) is 0 Å². The molecule has 17 heavy (non-hydrogen) atoms. The van der Waals surface area contributed by atoms with Crippen LogP contribution in [0.25, 0.3) is 0 Å². The van der Waals surface area contributed by atoms with Crippen molar-refractivity contribution in [3.05, 3.63) is 0 Å².